The van der Waals surface area contributed by atoms with Crippen molar-refractivity contribution in [3.8, 4) is 0 Å². The molecule has 33 heavy (non-hydrogen) atoms. The van der Waals surface area contributed by atoms with Crippen LogP contribution in [0, 0.1) is 17.0 Å². The topological polar surface area (TPSA) is 176 Å². The molecule has 1 unspecified atom stereocenters. The number of anilines is 1. The van der Waals surface area contributed by atoms with E-state index in [4.69, 9.17) is 5.11 Å². The first kappa shape index (κ1) is 27.9. The third-order valence-electron chi connectivity index (χ3n) is 4.42. The summed E-state index contributed by atoms with van der Waals surface area (Å²) < 4.78 is 0. The second kappa shape index (κ2) is 14.1. The summed E-state index contributed by atoms with van der Waals surface area (Å²) in [5.74, 6) is -1.69. The van der Waals surface area contributed by atoms with Gasteiger partial charge < -0.3 is 21.1 Å². The summed E-state index contributed by atoms with van der Waals surface area (Å²) in [5, 5.41) is 28.2. The van der Waals surface area contributed by atoms with E-state index in [1.54, 1.807) is 25.4 Å². The van der Waals surface area contributed by atoms with E-state index >= 15 is 0 Å². The molecule has 1 radical (unpaired) electrons. The van der Waals surface area contributed by atoms with Crippen LogP contribution in [0.15, 0.2) is 36.7 Å². The summed E-state index contributed by atoms with van der Waals surface area (Å²) >= 11 is 0. The standard InChI is InChI=1S/C20H24N6O6.Na/c1-13-5-6-14(10-16(13)26(31)32)15(11-19(29)30)25-18(28)12-24-17(27)4-2-7-21-20-22-8-3-9-23-20;/h3,5-6,8-10,15H,2,4,7,11-12H2,1H3,(H,24,27)(H,25,28)(H,29,30)(H,21,22,23);. The molecule has 0 spiro atoms. The van der Waals surface area contributed by atoms with Gasteiger partial charge in [-0.2, -0.15) is 0 Å². The van der Waals surface area contributed by atoms with Crippen LogP contribution in [0.2, 0.25) is 0 Å². The van der Waals surface area contributed by atoms with Gasteiger partial charge in [-0.25, -0.2) is 9.97 Å². The predicted octanol–water partition coefficient (Wildman–Crippen LogP) is 0.953. The maximum atomic E-state index is 12.2. The van der Waals surface area contributed by atoms with Gasteiger partial charge in [0.15, 0.2) is 0 Å². The van der Waals surface area contributed by atoms with Crippen molar-refractivity contribution in [2.75, 3.05) is 18.4 Å². The molecular weight excluding hydrogens is 443 g/mol. The van der Waals surface area contributed by atoms with Gasteiger partial charge in [-0.1, -0.05) is 12.1 Å². The molecule has 0 saturated heterocycles. The number of aliphatic carboxylic acids is 1. The van der Waals surface area contributed by atoms with Crippen molar-refractivity contribution < 1.29 is 24.4 Å². The number of nitro benzene ring substituents is 1. The third-order valence-corrected chi connectivity index (χ3v) is 4.42. The average Bonchev–Trinajstić information content (AvgIpc) is 2.75. The Morgan fingerprint density at radius 2 is 1.88 bits per heavy atom. The van der Waals surface area contributed by atoms with Crippen LogP contribution in [0.5, 0.6) is 0 Å². The number of hydrogen-bond donors (Lipinski definition) is 4. The number of nitrogens with one attached hydrogen (secondary N) is 3. The Hall–Kier alpha value is -3.09. The number of carboxylic acids is 1. The number of rotatable bonds is 12. The molecule has 4 N–H and O–H groups in total. The summed E-state index contributed by atoms with van der Waals surface area (Å²) in [6.07, 6.45) is 3.36. The van der Waals surface area contributed by atoms with Gasteiger partial charge in [0.2, 0.25) is 17.8 Å². The summed E-state index contributed by atoms with van der Waals surface area (Å²) in [5.41, 5.74) is 0.535. The van der Waals surface area contributed by atoms with Crippen LogP contribution in [0.25, 0.3) is 0 Å². The molecule has 2 amide bonds. The van der Waals surface area contributed by atoms with E-state index < -0.39 is 29.3 Å². The van der Waals surface area contributed by atoms with E-state index in [0.29, 0.717) is 30.0 Å². The predicted molar refractivity (Wildman–Crippen MR) is 119 cm³/mol. The molecule has 171 valence electrons. The number of nitrogens with zero attached hydrogens (tertiary/aromatic N) is 3. The van der Waals surface area contributed by atoms with Crippen LogP contribution < -0.4 is 16.0 Å². The minimum absolute atomic E-state index is 0. The largest absolute Gasteiger partial charge is 0.481 e. The van der Waals surface area contributed by atoms with Gasteiger partial charge in [-0.3, -0.25) is 24.5 Å². The average molecular weight is 467 g/mol. The van der Waals surface area contributed by atoms with Crippen LogP contribution in [0.4, 0.5) is 11.6 Å². The number of benzene rings is 1. The van der Waals surface area contributed by atoms with Crippen molar-refractivity contribution in [2.24, 2.45) is 0 Å². The Kier molecular flexibility index (Phi) is 12.0. The van der Waals surface area contributed by atoms with Crippen molar-refractivity contribution in [2.45, 2.75) is 32.2 Å². The van der Waals surface area contributed by atoms with Crippen LogP contribution in [-0.2, 0) is 14.4 Å². The zero-order valence-corrected chi connectivity index (χ0v) is 20.4. The molecule has 1 aromatic heterocycles. The Morgan fingerprint density at radius 3 is 2.52 bits per heavy atom. The van der Waals surface area contributed by atoms with E-state index in [0.717, 1.165) is 0 Å². The summed E-state index contributed by atoms with van der Waals surface area (Å²) in [6.45, 7) is 1.68. The molecule has 0 saturated carbocycles. The minimum atomic E-state index is -1.18. The molecule has 1 aromatic carbocycles. The van der Waals surface area contributed by atoms with Gasteiger partial charge in [-0.05, 0) is 25.0 Å². The molecule has 2 rings (SSSR count). The molecule has 1 atom stereocenters. The first-order valence-electron chi connectivity index (χ1n) is 9.80. The number of carboxylic acid groups (broad SMARTS) is 1. The molecule has 2 aromatic rings. The maximum Gasteiger partial charge on any atom is 0.305 e. The van der Waals surface area contributed by atoms with E-state index in [1.807, 2.05) is 0 Å². The van der Waals surface area contributed by atoms with Gasteiger partial charge in [0.1, 0.15) is 0 Å². The Labute approximate surface area is 212 Å². The summed E-state index contributed by atoms with van der Waals surface area (Å²) in [7, 11) is 0. The summed E-state index contributed by atoms with van der Waals surface area (Å²) in [4.78, 5) is 53.9. The maximum absolute atomic E-state index is 12.2. The number of carbonyl (C=O) groups is 3. The SMILES string of the molecule is Cc1ccc(C(CC(=O)O)NC(=O)CNC(=O)CCCNc2ncccn2)cc1[N+](=O)[O-].[Na]. The zero-order valence-electron chi connectivity index (χ0n) is 18.4. The van der Waals surface area contributed by atoms with E-state index in [9.17, 15) is 24.5 Å². The number of amides is 2. The molecule has 1 heterocycles. The van der Waals surface area contributed by atoms with Crippen molar-refractivity contribution in [1.82, 2.24) is 20.6 Å². The van der Waals surface area contributed by atoms with Crippen LogP contribution in [0.1, 0.15) is 36.4 Å². The first-order valence-corrected chi connectivity index (χ1v) is 9.80. The fourth-order valence-electron chi connectivity index (χ4n) is 2.82. The second-order valence-electron chi connectivity index (χ2n) is 6.90. The smallest absolute Gasteiger partial charge is 0.305 e. The minimum Gasteiger partial charge on any atom is -0.481 e. The number of hydrogen-bond acceptors (Lipinski definition) is 8. The number of carbonyl (C=O) groups excluding carboxylic acids is 2. The van der Waals surface area contributed by atoms with Crippen molar-refractivity contribution in [1.29, 1.82) is 0 Å². The fourth-order valence-corrected chi connectivity index (χ4v) is 2.82. The monoisotopic (exact) mass is 467 g/mol. The zero-order chi connectivity index (χ0) is 23.5. The molecule has 0 aliphatic heterocycles. The van der Waals surface area contributed by atoms with Gasteiger partial charge in [0.05, 0.1) is 23.9 Å². The molecule has 0 bridgehead atoms. The number of aromatic nitrogens is 2. The van der Waals surface area contributed by atoms with Crippen molar-refractivity contribution in [3.63, 3.8) is 0 Å². The van der Waals surface area contributed by atoms with Gasteiger partial charge >= 0.3 is 5.97 Å². The van der Waals surface area contributed by atoms with Crippen LogP contribution in [0.3, 0.4) is 0 Å². The Balaban J connectivity index is 0.00000544. The molecule has 0 fully saturated rings. The Morgan fingerprint density at radius 1 is 1.18 bits per heavy atom. The van der Waals surface area contributed by atoms with Gasteiger partial charge in [0, 0.05) is 66.5 Å². The third kappa shape index (κ3) is 9.93. The second-order valence-corrected chi connectivity index (χ2v) is 6.90. The fraction of sp³-hybridized carbons (Fsp3) is 0.350. The van der Waals surface area contributed by atoms with Crippen LogP contribution >= 0.6 is 0 Å². The normalized spacial score (nSPS) is 10.9. The molecular formula is C20H24N6NaO6. The van der Waals surface area contributed by atoms with E-state index in [2.05, 4.69) is 25.9 Å². The van der Waals surface area contributed by atoms with Crippen molar-refractivity contribution in [3.05, 3.63) is 57.9 Å². The molecule has 12 nitrogen and oxygen atoms in total. The van der Waals surface area contributed by atoms with E-state index in [1.165, 1.54) is 18.2 Å². The first-order chi connectivity index (χ1) is 15.3. The number of aryl methyl sites for hydroxylation is 1. The number of nitro groups is 1. The molecule has 0 aliphatic carbocycles. The molecule has 13 heteroatoms. The Bertz CT molecular complexity index is 975. The van der Waals surface area contributed by atoms with Crippen molar-refractivity contribution >= 4 is 59.0 Å². The van der Waals surface area contributed by atoms with Crippen LogP contribution in [-0.4, -0.2) is 80.4 Å². The van der Waals surface area contributed by atoms with Gasteiger partial charge in [0.25, 0.3) is 5.69 Å². The summed E-state index contributed by atoms with van der Waals surface area (Å²) in [6, 6.07) is 4.96. The quantitative estimate of drug-likeness (QED) is 0.153. The van der Waals surface area contributed by atoms with Gasteiger partial charge in [-0.15, -0.1) is 0 Å². The van der Waals surface area contributed by atoms with E-state index in [-0.39, 0.29) is 54.1 Å². The molecule has 0 aliphatic rings.